The molecular weight excluding hydrogens is 356 g/mol. The fraction of sp³-hybridized carbons (Fsp3) is 0.273. The summed E-state index contributed by atoms with van der Waals surface area (Å²) in [5.74, 6) is 0.788. The van der Waals surface area contributed by atoms with Crippen molar-refractivity contribution < 1.29 is 9.53 Å². The summed E-state index contributed by atoms with van der Waals surface area (Å²) in [6.07, 6.45) is 1.07. The summed E-state index contributed by atoms with van der Waals surface area (Å²) < 4.78 is 5.61. The summed E-state index contributed by atoms with van der Waals surface area (Å²) in [6.45, 7) is 6.82. The zero-order chi connectivity index (χ0) is 19.2. The van der Waals surface area contributed by atoms with Gasteiger partial charge < -0.3 is 10.1 Å². The second-order valence-electron chi connectivity index (χ2n) is 6.60. The Morgan fingerprint density at radius 2 is 1.81 bits per heavy atom. The van der Waals surface area contributed by atoms with Gasteiger partial charge in [-0.2, -0.15) is 0 Å². The van der Waals surface area contributed by atoms with Crippen molar-refractivity contribution in [3.8, 4) is 17.0 Å². The van der Waals surface area contributed by atoms with Gasteiger partial charge in [0.25, 0.3) is 0 Å². The maximum atomic E-state index is 12.1. The first kappa shape index (κ1) is 19.1. The number of nitrogens with zero attached hydrogens (tertiary/aromatic N) is 1. The lowest BCUT2D eigenvalue weighted by atomic mass is 9.99. The number of para-hydroxylation sites is 1. The van der Waals surface area contributed by atoms with Crippen LogP contribution in [0.1, 0.15) is 29.5 Å². The fourth-order valence-electron chi connectivity index (χ4n) is 2.81. The van der Waals surface area contributed by atoms with Crippen LogP contribution < -0.4 is 10.1 Å². The maximum absolute atomic E-state index is 12.1. The highest BCUT2D eigenvalue weighted by Gasteiger charge is 2.11. The third-order valence-corrected chi connectivity index (χ3v) is 5.19. The molecule has 0 aliphatic rings. The molecule has 0 bridgehead atoms. The molecule has 3 rings (SSSR count). The Morgan fingerprint density at radius 3 is 2.59 bits per heavy atom. The number of carbonyl (C=O) groups excluding carboxylic acids is 1. The van der Waals surface area contributed by atoms with Gasteiger partial charge >= 0.3 is 0 Å². The minimum Gasteiger partial charge on any atom is -0.494 e. The molecule has 0 saturated carbocycles. The van der Waals surface area contributed by atoms with Crippen molar-refractivity contribution in [2.24, 2.45) is 0 Å². The highest BCUT2D eigenvalue weighted by molar-refractivity contribution is 7.14. The molecule has 0 aliphatic carbocycles. The largest absolute Gasteiger partial charge is 0.494 e. The Balaban J connectivity index is 1.51. The number of benzene rings is 2. The highest BCUT2D eigenvalue weighted by atomic mass is 32.1. The molecule has 1 aromatic heterocycles. The van der Waals surface area contributed by atoms with E-state index in [1.807, 2.05) is 35.7 Å². The van der Waals surface area contributed by atoms with Gasteiger partial charge in [0.2, 0.25) is 5.91 Å². The molecule has 2 aromatic carbocycles. The first-order valence-electron chi connectivity index (χ1n) is 9.04. The number of anilines is 1. The van der Waals surface area contributed by atoms with Gasteiger partial charge in [0, 0.05) is 17.4 Å². The van der Waals surface area contributed by atoms with Gasteiger partial charge in [0.05, 0.1) is 12.3 Å². The Hall–Kier alpha value is -2.66. The lowest BCUT2D eigenvalue weighted by Crippen LogP contribution is -2.12. The Labute approximate surface area is 164 Å². The topological polar surface area (TPSA) is 51.2 Å². The Morgan fingerprint density at radius 1 is 1.07 bits per heavy atom. The van der Waals surface area contributed by atoms with E-state index in [2.05, 4.69) is 43.2 Å². The molecule has 3 aromatic rings. The van der Waals surface area contributed by atoms with Crippen LogP contribution in [-0.4, -0.2) is 17.5 Å². The molecule has 0 aliphatic heterocycles. The minimum absolute atomic E-state index is 0.0376. The first-order chi connectivity index (χ1) is 13.0. The zero-order valence-electron chi connectivity index (χ0n) is 15.9. The molecule has 27 heavy (non-hydrogen) atoms. The number of thiazole rings is 1. The number of hydrogen-bond acceptors (Lipinski definition) is 4. The molecule has 0 unspecified atom stereocenters. The van der Waals surface area contributed by atoms with Crippen molar-refractivity contribution in [1.82, 2.24) is 4.98 Å². The lowest BCUT2D eigenvalue weighted by Gasteiger charge is -2.07. The molecule has 0 spiro atoms. The number of amides is 1. The molecule has 1 N–H and O–H groups in total. The average molecular weight is 381 g/mol. The highest BCUT2D eigenvalue weighted by Crippen LogP contribution is 2.29. The van der Waals surface area contributed by atoms with E-state index in [1.165, 1.54) is 28.0 Å². The molecule has 140 valence electrons. The summed E-state index contributed by atoms with van der Waals surface area (Å²) in [4.78, 5) is 16.7. The van der Waals surface area contributed by atoms with Gasteiger partial charge in [0.1, 0.15) is 5.75 Å². The minimum atomic E-state index is -0.0376. The zero-order valence-corrected chi connectivity index (χ0v) is 16.7. The second-order valence-corrected chi connectivity index (χ2v) is 7.46. The van der Waals surface area contributed by atoms with Crippen molar-refractivity contribution in [3.05, 3.63) is 64.5 Å². The monoisotopic (exact) mass is 380 g/mol. The average Bonchev–Trinajstić information content (AvgIpc) is 3.11. The lowest BCUT2D eigenvalue weighted by molar-refractivity contribution is -0.116. The van der Waals surface area contributed by atoms with E-state index < -0.39 is 0 Å². The van der Waals surface area contributed by atoms with Crippen molar-refractivity contribution in [1.29, 1.82) is 0 Å². The Bertz CT molecular complexity index is 919. The van der Waals surface area contributed by atoms with E-state index in [0.29, 0.717) is 24.6 Å². The van der Waals surface area contributed by atoms with Crippen LogP contribution >= 0.6 is 11.3 Å². The van der Waals surface area contributed by atoms with Crippen LogP contribution in [0.4, 0.5) is 5.13 Å². The van der Waals surface area contributed by atoms with E-state index in [1.54, 1.807) is 0 Å². The van der Waals surface area contributed by atoms with E-state index in [9.17, 15) is 4.79 Å². The molecule has 0 saturated heterocycles. The van der Waals surface area contributed by atoms with Crippen molar-refractivity contribution >= 4 is 22.4 Å². The van der Waals surface area contributed by atoms with Crippen LogP contribution in [0.15, 0.2) is 47.8 Å². The van der Waals surface area contributed by atoms with Crippen LogP contribution in [0.5, 0.6) is 5.75 Å². The summed E-state index contributed by atoms with van der Waals surface area (Å²) in [5.41, 5.74) is 5.74. The molecule has 5 heteroatoms. The molecule has 0 atom stereocenters. The summed E-state index contributed by atoms with van der Waals surface area (Å²) >= 11 is 1.45. The predicted octanol–water partition coefficient (Wildman–Crippen LogP) is 5.53. The Kier molecular flexibility index (Phi) is 6.24. The van der Waals surface area contributed by atoms with Gasteiger partial charge in [-0.1, -0.05) is 24.3 Å². The number of nitrogens with one attached hydrogen (secondary N) is 1. The first-order valence-corrected chi connectivity index (χ1v) is 9.92. The molecule has 1 heterocycles. The van der Waals surface area contributed by atoms with Crippen molar-refractivity contribution in [2.75, 3.05) is 11.9 Å². The second kappa shape index (κ2) is 8.82. The van der Waals surface area contributed by atoms with E-state index in [-0.39, 0.29) is 5.91 Å². The van der Waals surface area contributed by atoms with E-state index in [4.69, 9.17) is 4.74 Å². The van der Waals surface area contributed by atoms with Gasteiger partial charge in [-0.15, -0.1) is 11.3 Å². The van der Waals surface area contributed by atoms with E-state index >= 15 is 0 Å². The molecule has 0 radical (unpaired) electrons. The third kappa shape index (κ3) is 5.17. The maximum Gasteiger partial charge on any atom is 0.226 e. The number of rotatable bonds is 7. The number of ether oxygens (including phenoxy) is 1. The molecular formula is C22H24N2O2S. The number of hydrogen-bond donors (Lipinski definition) is 1. The van der Waals surface area contributed by atoms with Crippen LogP contribution in [0, 0.1) is 20.8 Å². The van der Waals surface area contributed by atoms with Gasteiger partial charge in [-0.05, 0) is 62.1 Å². The van der Waals surface area contributed by atoms with Gasteiger partial charge in [-0.3, -0.25) is 4.79 Å². The van der Waals surface area contributed by atoms with Crippen molar-refractivity contribution in [2.45, 2.75) is 33.6 Å². The standard InChI is InChI=1S/C22H24N2O2S/c1-15-12-17(3)19(13-16(15)2)20-14-27-22(23-20)24-21(25)10-7-11-26-18-8-5-4-6-9-18/h4-6,8-9,12-14H,7,10-11H2,1-3H3,(H,23,24,25). The van der Waals surface area contributed by atoms with Crippen molar-refractivity contribution in [3.63, 3.8) is 0 Å². The van der Waals surface area contributed by atoms with Crippen LogP contribution in [0.25, 0.3) is 11.3 Å². The molecule has 4 nitrogen and oxygen atoms in total. The molecule has 0 fully saturated rings. The van der Waals surface area contributed by atoms with Gasteiger partial charge in [-0.25, -0.2) is 4.98 Å². The SMILES string of the molecule is Cc1cc(C)c(-c2csc(NC(=O)CCCOc3ccccc3)n2)cc1C. The quantitative estimate of drug-likeness (QED) is 0.548. The molecule has 1 amide bonds. The summed E-state index contributed by atoms with van der Waals surface area (Å²) in [7, 11) is 0. The third-order valence-electron chi connectivity index (χ3n) is 4.43. The normalized spacial score (nSPS) is 10.6. The number of carbonyl (C=O) groups is 1. The summed E-state index contributed by atoms with van der Waals surface area (Å²) in [5, 5.41) is 5.52. The van der Waals surface area contributed by atoms with E-state index in [0.717, 1.165) is 17.0 Å². The number of aryl methyl sites for hydroxylation is 3. The fourth-order valence-corrected chi connectivity index (χ4v) is 3.54. The summed E-state index contributed by atoms with van der Waals surface area (Å²) in [6, 6.07) is 14.0. The van der Waals surface area contributed by atoms with Crippen LogP contribution in [-0.2, 0) is 4.79 Å². The number of aromatic nitrogens is 1. The van der Waals surface area contributed by atoms with Crippen LogP contribution in [0.2, 0.25) is 0 Å². The predicted molar refractivity (Wildman–Crippen MR) is 112 cm³/mol. The van der Waals surface area contributed by atoms with Gasteiger partial charge in [0.15, 0.2) is 5.13 Å². The van der Waals surface area contributed by atoms with Crippen LogP contribution in [0.3, 0.4) is 0 Å². The smallest absolute Gasteiger partial charge is 0.226 e.